The third-order valence-electron chi connectivity index (χ3n) is 8.02. The molecule has 0 aliphatic carbocycles. The molecule has 5 amide bonds. The van der Waals surface area contributed by atoms with Crippen molar-refractivity contribution in [2.75, 3.05) is 5.32 Å². The lowest BCUT2D eigenvalue weighted by Gasteiger charge is -2.27. The lowest BCUT2D eigenvalue weighted by Crippen LogP contribution is -2.58. The van der Waals surface area contributed by atoms with E-state index in [-0.39, 0.29) is 17.7 Å². The Hall–Kier alpha value is -5.99. The molecule has 0 radical (unpaired) electrons. The molecule has 15 nitrogen and oxygen atoms in total. The van der Waals surface area contributed by atoms with Gasteiger partial charge in [-0.15, -0.1) is 0 Å². The summed E-state index contributed by atoms with van der Waals surface area (Å²) in [5, 5.41) is 23.7. The van der Waals surface area contributed by atoms with E-state index in [1.54, 1.807) is 33.0 Å². The second-order valence-electron chi connectivity index (χ2n) is 12.4. The monoisotopic (exact) mass is 688 g/mol. The number of anilines is 1. The largest absolute Gasteiger partial charge is 0.481 e. The van der Waals surface area contributed by atoms with E-state index in [0.29, 0.717) is 10.9 Å². The number of amides is 5. The number of carboxylic acid groups (broad SMARTS) is 1. The molecule has 15 heteroatoms. The van der Waals surface area contributed by atoms with Gasteiger partial charge in [0.1, 0.15) is 29.8 Å². The summed E-state index contributed by atoms with van der Waals surface area (Å²) < 4.78 is 5.19. The number of rotatable bonds is 14. The first-order chi connectivity index (χ1) is 23.6. The van der Waals surface area contributed by atoms with Crippen LogP contribution >= 0.6 is 0 Å². The number of para-hydroxylation sites is 1. The number of nitrogens with one attached hydrogen (secondary N) is 6. The van der Waals surface area contributed by atoms with Crippen LogP contribution in [-0.4, -0.2) is 69.8 Å². The van der Waals surface area contributed by atoms with Crippen molar-refractivity contribution < 1.29 is 38.3 Å². The topological polar surface area (TPSA) is 229 Å². The Labute approximate surface area is 286 Å². The van der Waals surface area contributed by atoms with Crippen LogP contribution in [0.25, 0.3) is 21.9 Å². The number of carbonyl (C=O) groups is 6. The number of fused-ring (bicyclic) bond motifs is 2. The van der Waals surface area contributed by atoms with Gasteiger partial charge < -0.3 is 41.1 Å². The summed E-state index contributed by atoms with van der Waals surface area (Å²) >= 11 is 0. The molecule has 0 bridgehead atoms. The quantitative estimate of drug-likeness (QED) is 0.0958. The van der Waals surface area contributed by atoms with Gasteiger partial charge in [-0.25, -0.2) is 4.79 Å². The molecule has 2 heterocycles. The number of carboxylic acids is 1. The van der Waals surface area contributed by atoms with Gasteiger partial charge in [-0.1, -0.05) is 32.0 Å². The Balaban J connectivity index is 1.42. The number of carbonyl (C=O) groups excluding carboxylic acids is 5. The van der Waals surface area contributed by atoms with Gasteiger partial charge in [0, 0.05) is 53.7 Å². The van der Waals surface area contributed by atoms with Crippen molar-refractivity contribution in [2.45, 2.75) is 71.6 Å². The molecule has 0 saturated heterocycles. The van der Waals surface area contributed by atoms with Gasteiger partial charge >= 0.3 is 11.6 Å². The van der Waals surface area contributed by atoms with Gasteiger partial charge in [-0.3, -0.25) is 28.8 Å². The first kappa shape index (κ1) is 36.8. The third-order valence-corrected chi connectivity index (χ3v) is 8.02. The van der Waals surface area contributed by atoms with Gasteiger partial charge in [0.25, 0.3) is 0 Å². The lowest BCUT2D eigenvalue weighted by atomic mass is 10.0. The van der Waals surface area contributed by atoms with Gasteiger partial charge in [0.05, 0.1) is 6.42 Å². The molecule has 0 aliphatic rings. The fraction of sp³-hybridized carbons (Fsp3) is 0.343. The summed E-state index contributed by atoms with van der Waals surface area (Å²) in [6.45, 7) is 7.72. The molecule has 2 aromatic carbocycles. The molecule has 4 aromatic rings. The summed E-state index contributed by atoms with van der Waals surface area (Å²) in [7, 11) is 0. The maximum atomic E-state index is 13.4. The van der Waals surface area contributed by atoms with Gasteiger partial charge in [0.15, 0.2) is 0 Å². The molecule has 7 N–H and O–H groups in total. The molecular formula is C35H40N6O9. The molecule has 2 aromatic heterocycles. The van der Waals surface area contributed by atoms with Crippen molar-refractivity contribution in [3.05, 3.63) is 76.3 Å². The first-order valence-electron chi connectivity index (χ1n) is 15.9. The highest BCUT2D eigenvalue weighted by molar-refractivity contribution is 6.01. The zero-order chi connectivity index (χ0) is 36.7. The second kappa shape index (κ2) is 15.9. The van der Waals surface area contributed by atoms with E-state index in [1.807, 2.05) is 24.3 Å². The van der Waals surface area contributed by atoms with Crippen LogP contribution in [0.1, 0.15) is 45.2 Å². The Bertz CT molecular complexity index is 2000. The van der Waals surface area contributed by atoms with Crippen LogP contribution in [0.4, 0.5) is 5.69 Å². The lowest BCUT2D eigenvalue weighted by molar-refractivity contribution is -0.140. The Morgan fingerprint density at radius 1 is 0.820 bits per heavy atom. The maximum Gasteiger partial charge on any atom is 0.336 e. The molecule has 4 atom stereocenters. The highest BCUT2D eigenvalue weighted by atomic mass is 16.4. The molecule has 4 rings (SSSR count). The normalized spacial score (nSPS) is 13.6. The van der Waals surface area contributed by atoms with Crippen molar-refractivity contribution in [1.82, 2.24) is 26.3 Å². The summed E-state index contributed by atoms with van der Waals surface area (Å²) in [6, 6.07) is 8.45. The van der Waals surface area contributed by atoms with E-state index in [0.717, 1.165) is 16.5 Å². The summed E-state index contributed by atoms with van der Waals surface area (Å²) in [5.74, 6) is -5.30. The molecule has 4 unspecified atom stereocenters. The molecule has 0 fully saturated rings. The van der Waals surface area contributed by atoms with Crippen LogP contribution in [0.5, 0.6) is 0 Å². The van der Waals surface area contributed by atoms with Crippen LogP contribution in [0.15, 0.2) is 63.9 Å². The number of hydrogen-bond donors (Lipinski definition) is 7. The minimum Gasteiger partial charge on any atom is -0.481 e. The van der Waals surface area contributed by atoms with E-state index in [9.17, 15) is 38.7 Å². The number of H-pyrrole nitrogens is 1. The molecule has 0 saturated carbocycles. The maximum absolute atomic E-state index is 13.4. The van der Waals surface area contributed by atoms with Crippen molar-refractivity contribution >= 4 is 63.1 Å². The Morgan fingerprint density at radius 2 is 1.54 bits per heavy atom. The number of aromatic amines is 1. The average molecular weight is 689 g/mol. The van der Waals surface area contributed by atoms with E-state index in [4.69, 9.17) is 4.42 Å². The number of aromatic nitrogens is 1. The van der Waals surface area contributed by atoms with E-state index < -0.39 is 77.6 Å². The number of hydrogen-bond acceptors (Lipinski definition) is 8. The number of benzene rings is 2. The predicted octanol–water partition coefficient (Wildman–Crippen LogP) is 1.87. The van der Waals surface area contributed by atoms with Crippen molar-refractivity contribution in [1.29, 1.82) is 0 Å². The summed E-state index contributed by atoms with van der Waals surface area (Å²) in [5.41, 5.74) is 2.13. The zero-order valence-corrected chi connectivity index (χ0v) is 28.2. The smallest absolute Gasteiger partial charge is 0.336 e. The van der Waals surface area contributed by atoms with Gasteiger partial charge in [-0.05, 0) is 49.1 Å². The van der Waals surface area contributed by atoms with Gasteiger partial charge in [0.2, 0.25) is 29.5 Å². The molecular weight excluding hydrogens is 648 g/mol. The van der Waals surface area contributed by atoms with Gasteiger partial charge in [-0.2, -0.15) is 0 Å². The minimum absolute atomic E-state index is 0.140. The van der Waals surface area contributed by atoms with E-state index >= 15 is 0 Å². The number of aliphatic carboxylic acids is 1. The van der Waals surface area contributed by atoms with Crippen molar-refractivity contribution in [3.63, 3.8) is 0 Å². The fourth-order valence-corrected chi connectivity index (χ4v) is 5.45. The highest BCUT2D eigenvalue weighted by Gasteiger charge is 2.32. The van der Waals surface area contributed by atoms with E-state index in [1.165, 1.54) is 32.0 Å². The molecule has 0 aliphatic heterocycles. The zero-order valence-electron chi connectivity index (χ0n) is 28.2. The Morgan fingerprint density at radius 3 is 2.22 bits per heavy atom. The van der Waals surface area contributed by atoms with Crippen LogP contribution < -0.4 is 32.2 Å². The number of aryl methyl sites for hydroxylation is 1. The van der Waals surface area contributed by atoms with Crippen LogP contribution in [0, 0.1) is 12.8 Å². The summed E-state index contributed by atoms with van der Waals surface area (Å²) in [4.78, 5) is 91.5. The standard InChI is InChI=1S/C35H40N6O9/c1-17(2)31(41-34(48)26(38-20(5)42)13-21-16-36-25-9-7-6-8-24(21)25)35(49)37-19(4)32(46)40-27(15-29(43)44)33(47)39-22-10-11-23-18(3)12-30(45)50-28(23)14-22/h6-12,14,16-17,19,26-27,31,36H,13,15H2,1-5H3,(H,37,49)(H,38,42)(H,39,47)(H,40,46)(H,41,48)(H,43,44). The Kier molecular flexibility index (Phi) is 11.7. The van der Waals surface area contributed by atoms with Crippen LogP contribution in [0.2, 0.25) is 0 Å². The van der Waals surface area contributed by atoms with E-state index in [2.05, 4.69) is 31.6 Å². The SMILES string of the molecule is CC(=O)NC(Cc1c[nH]c2ccccc12)C(=O)NC(C(=O)NC(C)C(=O)NC(CC(=O)O)C(=O)Nc1ccc2c(C)cc(=O)oc2c1)C(C)C. The second-order valence-corrected chi connectivity index (χ2v) is 12.4. The fourth-order valence-electron chi connectivity index (χ4n) is 5.45. The highest BCUT2D eigenvalue weighted by Crippen LogP contribution is 2.22. The molecule has 264 valence electrons. The predicted molar refractivity (Wildman–Crippen MR) is 184 cm³/mol. The first-order valence-corrected chi connectivity index (χ1v) is 15.9. The third kappa shape index (κ3) is 9.33. The molecule has 50 heavy (non-hydrogen) atoms. The minimum atomic E-state index is -1.54. The van der Waals surface area contributed by atoms with Crippen molar-refractivity contribution in [2.24, 2.45) is 5.92 Å². The summed E-state index contributed by atoms with van der Waals surface area (Å²) in [6.07, 6.45) is 1.12. The average Bonchev–Trinajstić information content (AvgIpc) is 3.44. The van der Waals surface area contributed by atoms with Crippen molar-refractivity contribution in [3.8, 4) is 0 Å². The van der Waals surface area contributed by atoms with Crippen LogP contribution in [0.3, 0.4) is 0 Å². The molecule has 0 spiro atoms. The van der Waals surface area contributed by atoms with Crippen LogP contribution in [-0.2, 0) is 35.2 Å².